The number of nitrogens with zero attached hydrogens (tertiary/aromatic N) is 2. The van der Waals surface area contributed by atoms with Gasteiger partial charge in [0.05, 0.1) is 22.6 Å². The van der Waals surface area contributed by atoms with Crippen molar-refractivity contribution in [1.29, 1.82) is 0 Å². The number of likely N-dealkylation sites (tertiary alicyclic amines) is 1. The fourth-order valence-corrected chi connectivity index (χ4v) is 4.66. The minimum atomic E-state index is -4.40. The van der Waals surface area contributed by atoms with Gasteiger partial charge in [-0.15, -0.1) is 11.3 Å². The number of halogens is 3. The van der Waals surface area contributed by atoms with E-state index >= 15 is 0 Å². The van der Waals surface area contributed by atoms with E-state index in [1.54, 1.807) is 24.3 Å². The second-order valence-corrected chi connectivity index (χ2v) is 8.82. The minimum absolute atomic E-state index is 0.253. The molecule has 1 aliphatic rings. The first-order valence-corrected chi connectivity index (χ1v) is 10.5. The Labute approximate surface area is 172 Å². The van der Waals surface area contributed by atoms with Gasteiger partial charge in [0, 0.05) is 17.6 Å². The SMILES string of the molecule is CCOC(=O)C1(Cc2cccc(C(F)(F)F)c2)CCN(Cc2cnc(C)s2)CC1. The average molecular weight is 427 g/mol. The Hall–Kier alpha value is -1.93. The van der Waals surface area contributed by atoms with Crippen LogP contribution in [0.15, 0.2) is 30.5 Å². The summed E-state index contributed by atoms with van der Waals surface area (Å²) < 4.78 is 44.6. The third-order valence-corrected chi connectivity index (χ3v) is 6.26. The van der Waals surface area contributed by atoms with E-state index < -0.39 is 17.2 Å². The molecular weight excluding hydrogens is 401 g/mol. The van der Waals surface area contributed by atoms with E-state index in [1.165, 1.54) is 10.9 Å². The monoisotopic (exact) mass is 426 g/mol. The lowest BCUT2D eigenvalue weighted by molar-refractivity contribution is -0.158. The predicted molar refractivity (Wildman–Crippen MR) is 106 cm³/mol. The highest BCUT2D eigenvalue weighted by Crippen LogP contribution is 2.38. The quantitative estimate of drug-likeness (QED) is 0.619. The summed E-state index contributed by atoms with van der Waals surface area (Å²) >= 11 is 1.65. The van der Waals surface area contributed by atoms with E-state index in [0.717, 1.165) is 23.7 Å². The summed E-state index contributed by atoms with van der Waals surface area (Å²) in [5.74, 6) is -0.314. The van der Waals surface area contributed by atoms with E-state index in [4.69, 9.17) is 4.74 Å². The van der Waals surface area contributed by atoms with Crippen molar-refractivity contribution in [2.45, 2.75) is 45.8 Å². The molecule has 0 saturated carbocycles. The van der Waals surface area contributed by atoms with Crippen LogP contribution in [0.25, 0.3) is 0 Å². The molecule has 158 valence electrons. The maximum Gasteiger partial charge on any atom is 0.416 e. The molecule has 2 heterocycles. The number of alkyl halides is 3. The average Bonchev–Trinajstić information content (AvgIpc) is 3.08. The number of carbonyl (C=O) groups is 1. The van der Waals surface area contributed by atoms with Crippen molar-refractivity contribution < 1.29 is 22.7 Å². The van der Waals surface area contributed by atoms with E-state index in [-0.39, 0.29) is 19.0 Å². The summed E-state index contributed by atoms with van der Waals surface area (Å²) in [6, 6.07) is 5.26. The van der Waals surface area contributed by atoms with Crippen molar-refractivity contribution in [3.05, 3.63) is 51.5 Å². The number of carbonyl (C=O) groups excluding carboxylic acids is 1. The number of aromatic nitrogens is 1. The summed E-state index contributed by atoms with van der Waals surface area (Å²) in [5.41, 5.74) is -0.966. The lowest BCUT2D eigenvalue weighted by Crippen LogP contribution is -2.46. The molecule has 2 aromatic rings. The van der Waals surface area contributed by atoms with Crippen molar-refractivity contribution in [3.8, 4) is 0 Å². The maximum absolute atomic E-state index is 13.1. The lowest BCUT2D eigenvalue weighted by Gasteiger charge is -2.40. The molecular formula is C21H25F3N2O2S. The summed E-state index contributed by atoms with van der Waals surface area (Å²) in [5, 5.41) is 1.02. The van der Waals surface area contributed by atoms with Gasteiger partial charge >= 0.3 is 12.1 Å². The van der Waals surface area contributed by atoms with Crippen LogP contribution < -0.4 is 0 Å². The van der Waals surface area contributed by atoms with Gasteiger partial charge in [-0.05, 0) is 57.8 Å². The summed E-state index contributed by atoms with van der Waals surface area (Å²) in [6.07, 6.45) is -1.16. The Morgan fingerprint density at radius 3 is 2.62 bits per heavy atom. The lowest BCUT2D eigenvalue weighted by atomic mass is 9.73. The van der Waals surface area contributed by atoms with Crippen LogP contribution in [0, 0.1) is 12.3 Å². The van der Waals surface area contributed by atoms with Crippen LogP contribution in [0.3, 0.4) is 0 Å². The Bertz CT molecular complexity index is 842. The summed E-state index contributed by atoms with van der Waals surface area (Å²) in [7, 11) is 0. The molecule has 4 nitrogen and oxygen atoms in total. The highest BCUT2D eigenvalue weighted by Gasteiger charge is 2.43. The number of hydrogen-bond acceptors (Lipinski definition) is 5. The molecule has 0 radical (unpaired) electrons. The molecule has 1 saturated heterocycles. The fraction of sp³-hybridized carbons (Fsp3) is 0.524. The first kappa shape index (κ1) is 21.8. The van der Waals surface area contributed by atoms with Crippen molar-refractivity contribution >= 4 is 17.3 Å². The Balaban J connectivity index is 1.75. The van der Waals surface area contributed by atoms with Gasteiger partial charge in [-0.3, -0.25) is 9.69 Å². The van der Waals surface area contributed by atoms with Gasteiger partial charge in [-0.1, -0.05) is 18.2 Å². The Morgan fingerprint density at radius 1 is 1.31 bits per heavy atom. The fourth-order valence-electron chi connectivity index (χ4n) is 3.82. The van der Waals surface area contributed by atoms with Crippen LogP contribution in [-0.4, -0.2) is 35.5 Å². The molecule has 1 aliphatic heterocycles. The molecule has 1 aromatic carbocycles. The molecule has 3 rings (SSSR count). The third-order valence-electron chi connectivity index (χ3n) is 5.37. The molecule has 0 bridgehead atoms. The smallest absolute Gasteiger partial charge is 0.416 e. The summed E-state index contributed by atoms with van der Waals surface area (Å²) in [4.78, 5) is 20.5. The maximum atomic E-state index is 13.1. The molecule has 29 heavy (non-hydrogen) atoms. The van der Waals surface area contributed by atoms with Crippen molar-refractivity contribution in [3.63, 3.8) is 0 Å². The Morgan fingerprint density at radius 2 is 2.03 bits per heavy atom. The number of hydrogen-bond donors (Lipinski definition) is 0. The Kier molecular flexibility index (Phi) is 6.63. The highest BCUT2D eigenvalue weighted by molar-refractivity contribution is 7.11. The van der Waals surface area contributed by atoms with E-state index in [2.05, 4.69) is 9.88 Å². The van der Waals surface area contributed by atoms with Gasteiger partial charge in [-0.25, -0.2) is 4.98 Å². The summed E-state index contributed by atoms with van der Waals surface area (Å²) in [6.45, 7) is 6.12. The van der Waals surface area contributed by atoms with Gasteiger partial charge in [0.1, 0.15) is 0 Å². The first-order valence-electron chi connectivity index (χ1n) is 9.69. The number of piperidine rings is 1. The molecule has 1 fully saturated rings. The van der Waals surface area contributed by atoms with Gasteiger partial charge < -0.3 is 4.74 Å². The molecule has 0 N–H and O–H groups in total. The molecule has 1 aromatic heterocycles. The van der Waals surface area contributed by atoms with Crippen LogP contribution >= 0.6 is 11.3 Å². The van der Waals surface area contributed by atoms with E-state index in [9.17, 15) is 18.0 Å². The first-order chi connectivity index (χ1) is 13.7. The van der Waals surface area contributed by atoms with Gasteiger partial charge in [0.15, 0.2) is 0 Å². The van der Waals surface area contributed by atoms with Gasteiger partial charge in [0.2, 0.25) is 0 Å². The second-order valence-electron chi connectivity index (χ2n) is 7.50. The second kappa shape index (κ2) is 8.83. The van der Waals surface area contributed by atoms with Crippen LogP contribution in [0.1, 0.15) is 40.8 Å². The third kappa shape index (κ3) is 5.36. The van der Waals surface area contributed by atoms with Crippen LogP contribution in [0.4, 0.5) is 13.2 Å². The number of aryl methyl sites for hydroxylation is 1. The number of thiazole rings is 1. The van der Waals surface area contributed by atoms with Gasteiger partial charge in [0.25, 0.3) is 0 Å². The number of benzene rings is 1. The topological polar surface area (TPSA) is 42.4 Å². The van der Waals surface area contributed by atoms with Crippen molar-refractivity contribution in [1.82, 2.24) is 9.88 Å². The zero-order chi connectivity index (χ0) is 21.1. The molecule has 0 amide bonds. The predicted octanol–water partition coefficient (Wildman–Crippen LogP) is 4.86. The molecule has 0 atom stereocenters. The molecule has 0 aliphatic carbocycles. The molecule has 0 unspecified atom stereocenters. The normalized spacial score (nSPS) is 17.3. The van der Waals surface area contributed by atoms with Crippen molar-refractivity contribution in [2.75, 3.05) is 19.7 Å². The van der Waals surface area contributed by atoms with Gasteiger partial charge in [-0.2, -0.15) is 13.2 Å². The van der Waals surface area contributed by atoms with Crippen LogP contribution in [-0.2, 0) is 28.7 Å². The molecule has 8 heteroatoms. The number of esters is 1. The van der Waals surface area contributed by atoms with Crippen molar-refractivity contribution in [2.24, 2.45) is 5.41 Å². The highest BCUT2D eigenvalue weighted by atomic mass is 32.1. The van der Waals surface area contributed by atoms with Crippen LogP contribution in [0.2, 0.25) is 0 Å². The largest absolute Gasteiger partial charge is 0.466 e. The standard InChI is InChI=1S/C21H25F3N2O2S/c1-3-28-19(27)20(12-16-5-4-6-17(11-16)21(22,23)24)7-9-26(10-8-20)14-18-13-25-15(2)29-18/h4-6,11,13H,3,7-10,12,14H2,1-2H3. The minimum Gasteiger partial charge on any atom is -0.466 e. The zero-order valence-corrected chi connectivity index (χ0v) is 17.4. The van der Waals surface area contributed by atoms with Crippen LogP contribution in [0.5, 0.6) is 0 Å². The number of ether oxygens (including phenoxy) is 1. The van der Waals surface area contributed by atoms with E-state index in [0.29, 0.717) is 31.5 Å². The molecule has 0 spiro atoms. The number of rotatable bonds is 6. The zero-order valence-electron chi connectivity index (χ0n) is 16.6. The van der Waals surface area contributed by atoms with E-state index in [1.807, 2.05) is 13.1 Å².